The minimum absolute atomic E-state index is 0.0198. The molecule has 0 N–H and O–H groups in total. The molecular weight excluding hydrogens is 423 g/mol. The van der Waals surface area contributed by atoms with E-state index in [2.05, 4.69) is 14.8 Å². The summed E-state index contributed by atoms with van der Waals surface area (Å²) < 4.78 is 20.9. The average Bonchev–Trinajstić information content (AvgIpc) is 3.50. The Morgan fingerprint density at radius 3 is 2.87 bits per heavy atom. The Morgan fingerprint density at radius 1 is 1.33 bits per heavy atom. The molecule has 30 heavy (non-hydrogen) atoms. The number of aromatic nitrogens is 3. The zero-order valence-corrected chi connectivity index (χ0v) is 18.3. The number of carbonyl (C=O) groups is 1. The lowest BCUT2D eigenvalue weighted by molar-refractivity contribution is -0.127. The lowest BCUT2D eigenvalue weighted by atomic mass is 10.2. The summed E-state index contributed by atoms with van der Waals surface area (Å²) in [7, 11) is 1.75. The molecular formula is C21H23FN4O2S2. The Hall–Kier alpha value is -2.23. The Morgan fingerprint density at radius 2 is 2.17 bits per heavy atom. The second kappa shape index (κ2) is 9.72. The summed E-state index contributed by atoms with van der Waals surface area (Å²) in [6.45, 7) is 1.90. The lowest BCUT2D eigenvalue weighted by Gasteiger charge is -2.18. The van der Waals surface area contributed by atoms with E-state index >= 15 is 0 Å². The maximum Gasteiger partial charge on any atom is 0.233 e. The molecule has 1 amide bonds. The van der Waals surface area contributed by atoms with Gasteiger partial charge < -0.3 is 9.64 Å². The fourth-order valence-electron chi connectivity index (χ4n) is 3.33. The first-order valence-corrected chi connectivity index (χ1v) is 11.7. The van der Waals surface area contributed by atoms with Crippen LogP contribution in [0.25, 0.3) is 10.7 Å². The van der Waals surface area contributed by atoms with E-state index in [9.17, 15) is 9.18 Å². The zero-order valence-electron chi connectivity index (χ0n) is 16.7. The number of thiophene rings is 1. The van der Waals surface area contributed by atoms with Crippen LogP contribution in [0.15, 0.2) is 46.9 Å². The molecule has 1 unspecified atom stereocenters. The molecule has 1 aliphatic heterocycles. The van der Waals surface area contributed by atoms with Crippen LogP contribution < -0.4 is 0 Å². The van der Waals surface area contributed by atoms with Gasteiger partial charge in [0.2, 0.25) is 5.91 Å². The van der Waals surface area contributed by atoms with Crippen molar-refractivity contribution in [1.82, 2.24) is 19.7 Å². The molecule has 0 spiro atoms. The van der Waals surface area contributed by atoms with Crippen molar-refractivity contribution < 1.29 is 13.9 Å². The minimum atomic E-state index is -0.282. The largest absolute Gasteiger partial charge is 0.376 e. The molecule has 0 saturated carbocycles. The molecule has 158 valence electrons. The number of benzene rings is 1. The van der Waals surface area contributed by atoms with Crippen LogP contribution in [0.1, 0.15) is 18.4 Å². The highest BCUT2D eigenvalue weighted by atomic mass is 32.2. The summed E-state index contributed by atoms with van der Waals surface area (Å²) in [5, 5.41) is 11.5. The van der Waals surface area contributed by atoms with Gasteiger partial charge >= 0.3 is 0 Å². The van der Waals surface area contributed by atoms with E-state index in [1.807, 2.05) is 17.5 Å². The first-order valence-electron chi connectivity index (χ1n) is 9.80. The van der Waals surface area contributed by atoms with Gasteiger partial charge in [0.05, 0.1) is 23.3 Å². The third-order valence-electron chi connectivity index (χ3n) is 4.95. The van der Waals surface area contributed by atoms with Gasteiger partial charge in [-0.1, -0.05) is 30.0 Å². The molecule has 1 atom stereocenters. The molecule has 3 heterocycles. The van der Waals surface area contributed by atoms with Crippen LogP contribution >= 0.6 is 23.1 Å². The molecule has 0 aliphatic carbocycles. The topological polar surface area (TPSA) is 60.2 Å². The van der Waals surface area contributed by atoms with Crippen molar-refractivity contribution in [2.75, 3.05) is 19.4 Å². The van der Waals surface area contributed by atoms with Gasteiger partial charge in [-0.3, -0.25) is 9.36 Å². The fraction of sp³-hybridized carbons (Fsp3) is 0.381. The van der Waals surface area contributed by atoms with Gasteiger partial charge in [-0.05, 0) is 42.0 Å². The lowest BCUT2D eigenvalue weighted by Crippen LogP contribution is -2.28. The maximum absolute atomic E-state index is 13.1. The molecule has 1 aliphatic rings. The van der Waals surface area contributed by atoms with Crippen molar-refractivity contribution in [3.05, 3.63) is 53.2 Å². The Bertz CT molecular complexity index is 970. The number of carbonyl (C=O) groups excluding carboxylic acids is 1. The van der Waals surface area contributed by atoms with Crippen molar-refractivity contribution in [1.29, 1.82) is 0 Å². The molecule has 4 rings (SSSR count). The highest BCUT2D eigenvalue weighted by molar-refractivity contribution is 7.99. The summed E-state index contributed by atoms with van der Waals surface area (Å²) in [6.07, 6.45) is 2.23. The van der Waals surface area contributed by atoms with E-state index in [0.29, 0.717) is 13.1 Å². The number of rotatable bonds is 8. The van der Waals surface area contributed by atoms with Crippen LogP contribution in [0.2, 0.25) is 0 Å². The van der Waals surface area contributed by atoms with E-state index in [1.54, 1.807) is 35.4 Å². The van der Waals surface area contributed by atoms with Gasteiger partial charge in [0.15, 0.2) is 11.0 Å². The molecule has 0 bridgehead atoms. The quantitative estimate of drug-likeness (QED) is 0.488. The van der Waals surface area contributed by atoms with Crippen LogP contribution in [0.3, 0.4) is 0 Å². The smallest absolute Gasteiger partial charge is 0.233 e. The molecule has 1 fully saturated rings. The van der Waals surface area contributed by atoms with Gasteiger partial charge in [0, 0.05) is 20.2 Å². The van der Waals surface area contributed by atoms with Gasteiger partial charge in [-0.15, -0.1) is 21.5 Å². The Balaban J connectivity index is 1.43. The highest BCUT2D eigenvalue weighted by Gasteiger charge is 2.23. The average molecular weight is 447 g/mol. The first-order chi connectivity index (χ1) is 14.6. The predicted octanol–water partition coefficient (Wildman–Crippen LogP) is 4.08. The van der Waals surface area contributed by atoms with Crippen LogP contribution in [0.5, 0.6) is 0 Å². The third kappa shape index (κ3) is 5.08. The van der Waals surface area contributed by atoms with Gasteiger partial charge in [0.1, 0.15) is 5.82 Å². The van der Waals surface area contributed by atoms with E-state index < -0.39 is 0 Å². The number of thioether (sulfide) groups is 1. The first kappa shape index (κ1) is 21.0. The molecule has 1 aromatic carbocycles. The van der Waals surface area contributed by atoms with Crippen molar-refractivity contribution in [2.24, 2.45) is 0 Å². The standard InChI is InChI=1S/C21H23FN4O2S2/c1-25(12-15-6-8-16(22)9-7-15)19(27)14-30-21-24-23-20(18-5-3-11-29-18)26(21)13-17-4-2-10-28-17/h3,5-9,11,17H,2,4,10,12-14H2,1H3. The molecule has 1 saturated heterocycles. The number of ether oxygens (including phenoxy) is 1. The minimum Gasteiger partial charge on any atom is -0.376 e. The van der Waals surface area contributed by atoms with Crippen molar-refractivity contribution in [3.63, 3.8) is 0 Å². The van der Waals surface area contributed by atoms with Crippen LogP contribution in [-0.4, -0.2) is 51.1 Å². The molecule has 6 nitrogen and oxygen atoms in total. The monoisotopic (exact) mass is 446 g/mol. The number of hydrogen-bond acceptors (Lipinski definition) is 6. The molecule has 0 radical (unpaired) electrons. The van der Waals surface area contributed by atoms with Crippen molar-refractivity contribution in [3.8, 4) is 10.7 Å². The highest BCUT2D eigenvalue weighted by Crippen LogP contribution is 2.29. The van der Waals surface area contributed by atoms with E-state index in [4.69, 9.17) is 4.74 Å². The zero-order chi connectivity index (χ0) is 20.9. The van der Waals surface area contributed by atoms with Crippen LogP contribution in [0.4, 0.5) is 4.39 Å². The van der Waals surface area contributed by atoms with Crippen LogP contribution in [-0.2, 0) is 22.6 Å². The van der Waals surface area contributed by atoms with E-state index in [1.165, 1.54) is 23.9 Å². The fourth-order valence-corrected chi connectivity index (χ4v) is 4.93. The second-order valence-corrected chi connectivity index (χ2v) is 9.08. The summed E-state index contributed by atoms with van der Waals surface area (Å²) in [6, 6.07) is 10.2. The van der Waals surface area contributed by atoms with Crippen LogP contribution in [0, 0.1) is 5.82 Å². The van der Waals surface area contributed by atoms with Gasteiger partial charge in [-0.25, -0.2) is 4.39 Å². The van der Waals surface area contributed by atoms with E-state index in [-0.39, 0.29) is 23.6 Å². The Labute approximate surface area is 183 Å². The Kier molecular flexibility index (Phi) is 6.81. The van der Waals surface area contributed by atoms with Gasteiger partial charge in [-0.2, -0.15) is 0 Å². The van der Waals surface area contributed by atoms with Crippen molar-refractivity contribution in [2.45, 2.75) is 37.2 Å². The summed E-state index contributed by atoms with van der Waals surface area (Å²) in [5.74, 6) is 0.769. The number of nitrogens with zero attached hydrogens (tertiary/aromatic N) is 4. The molecule has 9 heteroatoms. The second-order valence-electron chi connectivity index (χ2n) is 7.19. The summed E-state index contributed by atoms with van der Waals surface area (Å²) >= 11 is 3.00. The number of hydrogen-bond donors (Lipinski definition) is 0. The van der Waals surface area contributed by atoms with E-state index in [0.717, 1.165) is 40.9 Å². The SMILES string of the molecule is CN(Cc1ccc(F)cc1)C(=O)CSc1nnc(-c2cccs2)n1CC1CCCO1. The summed E-state index contributed by atoms with van der Waals surface area (Å²) in [4.78, 5) is 15.3. The summed E-state index contributed by atoms with van der Waals surface area (Å²) in [5.41, 5.74) is 0.888. The van der Waals surface area contributed by atoms with Gasteiger partial charge in [0.25, 0.3) is 0 Å². The predicted molar refractivity (Wildman–Crippen MR) is 116 cm³/mol. The number of halogens is 1. The molecule has 2 aromatic heterocycles. The van der Waals surface area contributed by atoms with Crippen molar-refractivity contribution >= 4 is 29.0 Å². The normalized spacial score (nSPS) is 16.1. The third-order valence-corrected chi connectivity index (χ3v) is 6.77. The molecule has 3 aromatic rings. The number of amides is 1. The maximum atomic E-state index is 13.1.